The molecule has 5 atom stereocenters. The third kappa shape index (κ3) is 6.91. The van der Waals surface area contributed by atoms with E-state index in [1.54, 1.807) is 0 Å². The van der Waals surface area contributed by atoms with E-state index in [-0.39, 0.29) is 33.2 Å². The topological polar surface area (TPSA) is 267 Å². The first-order valence-electron chi connectivity index (χ1n) is 9.23. The molecule has 0 radical (unpaired) electrons. The second kappa shape index (κ2) is 11.0. The SMILES string of the molecule is Nc1nc(SCC(=O)C(=O)CBr)nc2c1ncn2[C@@H]1O[C@H](COP(=O)(O)OP(=O)(O)O)[C@@H](O)[C@H]1O. The van der Waals surface area contributed by atoms with E-state index in [0.717, 1.165) is 11.8 Å². The number of aliphatic hydroxyl groups excluding tert-OH is 2. The molecule has 194 valence electrons. The monoisotopic (exact) mass is 621 g/mol. The van der Waals surface area contributed by atoms with Gasteiger partial charge in [-0.25, -0.2) is 24.1 Å². The molecular formula is C14H18BrN5O12P2S. The Balaban J connectivity index is 1.78. The molecular weight excluding hydrogens is 604 g/mol. The lowest BCUT2D eigenvalue weighted by molar-refractivity contribution is -0.133. The number of Topliss-reactive ketones (excluding diaryl/α,β-unsaturated/α-hetero) is 2. The normalized spacial score (nSPS) is 24.5. The Kier molecular flexibility index (Phi) is 8.84. The van der Waals surface area contributed by atoms with Crippen LogP contribution in [0, 0.1) is 0 Å². The molecule has 0 amide bonds. The summed E-state index contributed by atoms with van der Waals surface area (Å²) in [5, 5.41) is 20.6. The number of carbonyl (C=O) groups excluding carboxylic acids is 2. The summed E-state index contributed by atoms with van der Waals surface area (Å²) in [4.78, 5) is 62.1. The van der Waals surface area contributed by atoms with Crippen LogP contribution in [0.3, 0.4) is 0 Å². The molecule has 0 spiro atoms. The Hall–Kier alpha value is -1.34. The Morgan fingerprint density at radius 1 is 1.20 bits per heavy atom. The van der Waals surface area contributed by atoms with E-state index < -0.39 is 58.4 Å². The van der Waals surface area contributed by atoms with Crippen molar-refractivity contribution in [2.75, 3.05) is 23.4 Å². The summed E-state index contributed by atoms with van der Waals surface area (Å²) in [5.41, 5.74) is 6.02. The van der Waals surface area contributed by atoms with E-state index in [9.17, 15) is 33.8 Å². The average molecular weight is 622 g/mol. The van der Waals surface area contributed by atoms with Crippen LogP contribution in [-0.4, -0.2) is 92.0 Å². The molecule has 21 heteroatoms. The fourth-order valence-electron chi connectivity index (χ4n) is 2.88. The number of fused-ring (bicyclic) bond motifs is 1. The zero-order valence-electron chi connectivity index (χ0n) is 17.1. The van der Waals surface area contributed by atoms with Crippen molar-refractivity contribution in [3.63, 3.8) is 0 Å². The quantitative estimate of drug-likeness (QED) is 0.0569. The standard InChI is InChI=1S/C14H18BrN5O12P2S/c15-1-5(21)6(22)3-35-14-18-11(16)8-12(19-14)20(4-17-8)13-10(24)9(23)7(31-13)2-30-34(28,29)32-33(25,26)27/h4,7,9-10,13,23-24H,1-3H2,(H,28,29)(H2,16,18,19)(H2,25,26,27)/t7-,9-,10-,13-/m1/s1. The summed E-state index contributed by atoms with van der Waals surface area (Å²) in [6.45, 7) is -0.892. The second-order valence-corrected chi connectivity index (χ2v) is 11.2. The van der Waals surface area contributed by atoms with Gasteiger partial charge in [0.2, 0.25) is 11.6 Å². The third-order valence-electron chi connectivity index (χ3n) is 4.42. The zero-order chi connectivity index (χ0) is 26.1. The lowest BCUT2D eigenvalue weighted by Crippen LogP contribution is -2.33. The lowest BCUT2D eigenvalue weighted by atomic mass is 10.1. The number of nitrogens with two attached hydrogens (primary N) is 1. The van der Waals surface area contributed by atoms with Crippen LogP contribution in [0.5, 0.6) is 0 Å². The van der Waals surface area contributed by atoms with Gasteiger partial charge in [-0.15, -0.1) is 0 Å². The van der Waals surface area contributed by atoms with Crippen LogP contribution < -0.4 is 5.73 Å². The van der Waals surface area contributed by atoms with Crippen molar-refractivity contribution in [1.82, 2.24) is 19.5 Å². The first-order valence-corrected chi connectivity index (χ1v) is 14.4. The third-order valence-corrected chi connectivity index (χ3v) is 7.92. The minimum atomic E-state index is -5.36. The number of nitrogen functional groups attached to an aromatic ring is 1. The van der Waals surface area contributed by atoms with Gasteiger partial charge in [0.1, 0.15) is 23.8 Å². The van der Waals surface area contributed by atoms with E-state index in [1.165, 1.54) is 10.9 Å². The number of phosphoric ester groups is 1. The van der Waals surface area contributed by atoms with E-state index in [4.69, 9.17) is 20.3 Å². The van der Waals surface area contributed by atoms with E-state index in [1.807, 2.05) is 0 Å². The number of nitrogens with zero attached hydrogens (tertiary/aromatic N) is 4. The van der Waals surface area contributed by atoms with Gasteiger partial charge in [0.25, 0.3) is 0 Å². The molecule has 0 aliphatic carbocycles. The van der Waals surface area contributed by atoms with Gasteiger partial charge in [-0.05, 0) is 0 Å². The fourth-order valence-corrected chi connectivity index (χ4v) is 5.52. The van der Waals surface area contributed by atoms with Crippen LogP contribution in [0.1, 0.15) is 6.23 Å². The smallest absolute Gasteiger partial charge is 0.387 e. The van der Waals surface area contributed by atoms with Gasteiger partial charge in [-0.3, -0.25) is 18.7 Å². The number of ketones is 2. The van der Waals surface area contributed by atoms with Crippen LogP contribution >= 0.6 is 43.3 Å². The van der Waals surface area contributed by atoms with Crippen molar-refractivity contribution in [2.45, 2.75) is 29.7 Å². The van der Waals surface area contributed by atoms with Crippen LogP contribution in [0.2, 0.25) is 0 Å². The number of thioether (sulfide) groups is 1. The number of rotatable bonds is 11. The molecule has 35 heavy (non-hydrogen) atoms. The maximum Gasteiger partial charge on any atom is 0.481 e. The number of aliphatic hydroxyl groups is 2. The number of carbonyl (C=O) groups is 2. The van der Waals surface area contributed by atoms with E-state index >= 15 is 0 Å². The number of ether oxygens (including phenoxy) is 1. The van der Waals surface area contributed by atoms with Crippen molar-refractivity contribution in [1.29, 1.82) is 0 Å². The van der Waals surface area contributed by atoms with Gasteiger partial charge in [-0.2, -0.15) is 4.31 Å². The number of halogens is 1. The van der Waals surface area contributed by atoms with E-state index in [2.05, 4.69) is 39.7 Å². The molecule has 2 aromatic rings. The maximum absolute atomic E-state index is 11.8. The molecule has 0 saturated carbocycles. The first-order chi connectivity index (χ1) is 16.2. The summed E-state index contributed by atoms with van der Waals surface area (Å²) in [6.07, 6.45) is -4.93. The minimum Gasteiger partial charge on any atom is -0.387 e. The van der Waals surface area contributed by atoms with Crippen LogP contribution in [0.4, 0.5) is 5.82 Å². The fraction of sp³-hybridized carbons (Fsp3) is 0.500. The Morgan fingerprint density at radius 3 is 2.51 bits per heavy atom. The highest BCUT2D eigenvalue weighted by Crippen LogP contribution is 2.57. The number of aromatic nitrogens is 4. The molecule has 17 nitrogen and oxygen atoms in total. The molecule has 1 fully saturated rings. The Morgan fingerprint density at radius 2 is 1.89 bits per heavy atom. The summed E-state index contributed by atoms with van der Waals surface area (Å²) >= 11 is 3.73. The molecule has 3 rings (SSSR count). The molecule has 2 aromatic heterocycles. The highest BCUT2D eigenvalue weighted by molar-refractivity contribution is 9.09. The van der Waals surface area contributed by atoms with Gasteiger partial charge < -0.3 is 35.4 Å². The van der Waals surface area contributed by atoms with Crippen LogP contribution in [0.15, 0.2) is 11.5 Å². The van der Waals surface area contributed by atoms with E-state index in [0.29, 0.717) is 0 Å². The Labute approximate surface area is 208 Å². The molecule has 7 N–H and O–H groups in total. The lowest BCUT2D eigenvalue weighted by Gasteiger charge is -2.17. The number of alkyl halides is 1. The molecule has 1 saturated heterocycles. The molecule has 3 heterocycles. The highest BCUT2D eigenvalue weighted by Gasteiger charge is 2.46. The molecule has 1 aliphatic heterocycles. The van der Waals surface area contributed by atoms with Crippen molar-refractivity contribution < 1.29 is 57.2 Å². The first kappa shape index (κ1) is 28.2. The van der Waals surface area contributed by atoms with Crippen LogP contribution in [-0.2, 0) is 32.3 Å². The van der Waals surface area contributed by atoms with Crippen molar-refractivity contribution in [3.8, 4) is 0 Å². The number of imidazole rings is 1. The van der Waals surface area contributed by atoms with Gasteiger partial charge >= 0.3 is 15.6 Å². The predicted molar refractivity (Wildman–Crippen MR) is 119 cm³/mol. The summed E-state index contributed by atoms with van der Waals surface area (Å²) in [7, 11) is -10.6. The van der Waals surface area contributed by atoms with Crippen molar-refractivity contribution in [3.05, 3.63) is 6.33 Å². The number of hydrogen-bond donors (Lipinski definition) is 6. The predicted octanol–water partition coefficient (Wildman–Crippen LogP) is -1.12. The number of phosphoric acid groups is 2. The van der Waals surface area contributed by atoms with Crippen molar-refractivity contribution in [2.24, 2.45) is 0 Å². The largest absolute Gasteiger partial charge is 0.481 e. The van der Waals surface area contributed by atoms with Gasteiger partial charge in [0.05, 0.1) is 24.0 Å². The number of anilines is 1. The Bertz CT molecular complexity index is 1230. The average Bonchev–Trinajstić information content (AvgIpc) is 3.30. The molecule has 1 unspecified atom stereocenters. The van der Waals surface area contributed by atoms with Gasteiger partial charge in [0.15, 0.2) is 22.8 Å². The molecule has 0 aromatic carbocycles. The highest BCUT2D eigenvalue weighted by atomic mass is 79.9. The molecule has 0 bridgehead atoms. The number of hydrogen-bond acceptors (Lipinski definition) is 14. The summed E-state index contributed by atoms with van der Waals surface area (Å²) < 4.78 is 37.1. The zero-order valence-corrected chi connectivity index (χ0v) is 21.3. The maximum atomic E-state index is 11.8. The minimum absolute atomic E-state index is 0.0104. The molecule has 1 aliphatic rings. The summed E-state index contributed by atoms with van der Waals surface area (Å²) in [6, 6.07) is 0. The van der Waals surface area contributed by atoms with Gasteiger partial charge in [0, 0.05) is 0 Å². The van der Waals surface area contributed by atoms with Crippen LogP contribution in [0.25, 0.3) is 11.2 Å². The van der Waals surface area contributed by atoms with Gasteiger partial charge in [-0.1, -0.05) is 27.7 Å². The summed E-state index contributed by atoms with van der Waals surface area (Å²) in [5.74, 6) is -1.66. The van der Waals surface area contributed by atoms with Crippen molar-refractivity contribution >= 4 is 71.9 Å². The second-order valence-electron chi connectivity index (χ2n) is 6.87.